The minimum atomic E-state index is -1.24. The minimum absolute atomic E-state index is 0.0104. The molecule has 116 valence electrons. The fourth-order valence-corrected chi connectivity index (χ4v) is 3.59. The molecule has 2 aromatic heterocycles. The molecule has 0 radical (unpaired) electrons. The number of aromatic carboxylic acids is 1. The van der Waals surface area contributed by atoms with E-state index in [0.29, 0.717) is 10.3 Å². The van der Waals surface area contributed by atoms with Gasteiger partial charge in [-0.3, -0.25) is 9.78 Å². The number of carboxylic acid groups (broad SMARTS) is 1. The zero-order valence-corrected chi connectivity index (χ0v) is 12.6. The molecule has 7 heteroatoms. The predicted octanol–water partition coefficient (Wildman–Crippen LogP) is 4.14. The summed E-state index contributed by atoms with van der Waals surface area (Å²) in [5.41, 5.74) is 0.912. The number of aromatic nitrogens is 1. The number of carbonyl (C=O) groups is 2. The summed E-state index contributed by atoms with van der Waals surface area (Å²) in [6, 6.07) is 4.57. The van der Waals surface area contributed by atoms with Crippen molar-refractivity contribution in [3.8, 4) is 11.1 Å². The molecule has 0 aliphatic carbocycles. The Balaban J connectivity index is 2.37. The molecule has 1 N–H and O–H groups in total. The molecule has 0 bridgehead atoms. The number of hydrogen-bond acceptors (Lipinski definition) is 4. The monoisotopic (exact) mass is 333 g/mol. The second-order valence-electron chi connectivity index (χ2n) is 4.86. The van der Waals surface area contributed by atoms with E-state index >= 15 is 0 Å². The molecule has 3 aromatic rings. The van der Waals surface area contributed by atoms with Gasteiger partial charge in [-0.25, -0.2) is 13.6 Å². The number of nitrogens with zero attached hydrogens (tertiary/aromatic N) is 1. The highest BCUT2D eigenvalue weighted by Gasteiger charge is 2.24. The Hall–Kier alpha value is -2.67. The standard InChI is InChI=1S/C16H9F2NO3S/c1-7(20)12-13-14(23-15(12)16(21)22)11(2-3-19-13)8-4-9(17)6-10(18)5-8/h2-6H,1H3,(H,21,22). The van der Waals surface area contributed by atoms with Crippen molar-refractivity contribution in [1.29, 1.82) is 0 Å². The molecule has 1 aromatic carbocycles. The van der Waals surface area contributed by atoms with Crippen LogP contribution in [-0.2, 0) is 0 Å². The lowest BCUT2D eigenvalue weighted by Crippen LogP contribution is -2.02. The van der Waals surface area contributed by atoms with Gasteiger partial charge in [0, 0.05) is 17.8 Å². The van der Waals surface area contributed by atoms with Gasteiger partial charge in [-0.2, -0.15) is 0 Å². The van der Waals surface area contributed by atoms with Crippen molar-refractivity contribution in [2.24, 2.45) is 0 Å². The Morgan fingerprint density at radius 3 is 2.39 bits per heavy atom. The Kier molecular flexibility index (Phi) is 3.65. The summed E-state index contributed by atoms with van der Waals surface area (Å²) in [5.74, 6) is -3.16. The van der Waals surface area contributed by atoms with Gasteiger partial charge in [0.05, 0.1) is 15.8 Å². The Morgan fingerprint density at radius 1 is 1.17 bits per heavy atom. The van der Waals surface area contributed by atoms with E-state index in [4.69, 9.17) is 0 Å². The minimum Gasteiger partial charge on any atom is -0.477 e. The maximum absolute atomic E-state index is 13.5. The van der Waals surface area contributed by atoms with Crippen LogP contribution in [0.25, 0.3) is 21.3 Å². The summed E-state index contributed by atoms with van der Waals surface area (Å²) in [6.07, 6.45) is 1.38. The van der Waals surface area contributed by atoms with Crippen molar-refractivity contribution < 1.29 is 23.5 Å². The van der Waals surface area contributed by atoms with E-state index in [1.807, 2.05) is 0 Å². The number of pyridine rings is 1. The molecule has 0 spiro atoms. The van der Waals surface area contributed by atoms with Crippen LogP contribution in [0, 0.1) is 11.6 Å². The Morgan fingerprint density at radius 2 is 1.83 bits per heavy atom. The number of ketones is 1. The third-order valence-electron chi connectivity index (χ3n) is 3.29. The summed E-state index contributed by atoms with van der Waals surface area (Å²) in [7, 11) is 0. The topological polar surface area (TPSA) is 67.3 Å². The van der Waals surface area contributed by atoms with Gasteiger partial charge in [-0.05, 0) is 30.7 Å². The number of rotatable bonds is 3. The highest BCUT2D eigenvalue weighted by Crippen LogP contribution is 2.37. The van der Waals surface area contributed by atoms with Gasteiger partial charge in [-0.15, -0.1) is 11.3 Å². The molecule has 0 unspecified atom stereocenters. The van der Waals surface area contributed by atoms with Crippen LogP contribution < -0.4 is 0 Å². The van der Waals surface area contributed by atoms with Gasteiger partial charge in [0.25, 0.3) is 0 Å². The molecule has 0 saturated heterocycles. The van der Waals surface area contributed by atoms with Crippen LogP contribution in [0.3, 0.4) is 0 Å². The van der Waals surface area contributed by atoms with Crippen LogP contribution in [0.1, 0.15) is 27.0 Å². The highest BCUT2D eigenvalue weighted by atomic mass is 32.1. The Bertz CT molecular complexity index is 945. The lowest BCUT2D eigenvalue weighted by Gasteiger charge is -2.04. The quantitative estimate of drug-likeness (QED) is 0.732. The van der Waals surface area contributed by atoms with Crippen LogP contribution in [0.5, 0.6) is 0 Å². The van der Waals surface area contributed by atoms with Crippen molar-refractivity contribution >= 4 is 33.3 Å². The summed E-state index contributed by atoms with van der Waals surface area (Å²) >= 11 is 0.866. The fourth-order valence-electron chi connectivity index (χ4n) is 2.40. The summed E-state index contributed by atoms with van der Waals surface area (Å²) in [6.45, 7) is 1.25. The summed E-state index contributed by atoms with van der Waals surface area (Å²) in [4.78, 5) is 27.1. The van der Waals surface area contributed by atoms with E-state index in [2.05, 4.69) is 4.98 Å². The number of benzene rings is 1. The summed E-state index contributed by atoms with van der Waals surface area (Å²) < 4.78 is 27.3. The van der Waals surface area contributed by atoms with Gasteiger partial charge >= 0.3 is 5.97 Å². The number of fused-ring (bicyclic) bond motifs is 1. The smallest absolute Gasteiger partial charge is 0.346 e. The van der Waals surface area contributed by atoms with Gasteiger partial charge in [0.15, 0.2) is 5.78 Å². The van der Waals surface area contributed by atoms with E-state index in [1.165, 1.54) is 19.2 Å². The van der Waals surface area contributed by atoms with E-state index in [-0.39, 0.29) is 21.5 Å². The molecule has 4 nitrogen and oxygen atoms in total. The molecule has 0 aliphatic heterocycles. The number of hydrogen-bond donors (Lipinski definition) is 1. The van der Waals surface area contributed by atoms with Crippen LogP contribution in [0.4, 0.5) is 8.78 Å². The molecule has 0 amide bonds. The first-order valence-electron chi connectivity index (χ1n) is 6.50. The second kappa shape index (κ2) is 5.51. The molecule has 0 fully saturated rings. The number of halogens is 2. The van der Waals surface area contributed by atoms with Gasteiger partial charge in [0.1, 0.15) is 16.5 Å². The zero-order valence-electron chi connectivity index (χ0n) is 11.8. The van der Waals surface area contributed by atoms with Crippen LogP contribution in [0.15, 0.2) is 30.5 Å². The molecule has 23 heavy (non-hydrogen) atoms. The lowest BCUT2D eigenvalue weighted by atomic mass is 10.0. The van der Waals surface area contributed by atoms with Crippen molar-refractivity contribution in [3.63, 3.8) is 0 Å². The van der Waals surface area contributed by atoms with E-state index in [1.54, 1.807) is 0 Å². The molecular weight excluding hydrogens is 324 g/mol. The van der Waals surface area contributed by atoms with Crippen molar-refractivity contribution in [2.45, 2.75) is 6.92 Å². The number of Topliss-reactive ketones (excluding diaryl/α,β-unsaturated/α-hetero) is 1. The molecule has 0 aliphatic rings. The zero-order chi connectivity index (χ0) is 16.7. The SMILES string of the molecule is CC(=O)c1c(C(=O)O)sc2c(-c3cc(F)cc(F)c3)ccnc12. The number of carboxylic acids is 1. The normalized spacial score (nSPS) is 10.9. The molecule has 2 heterocycles. The molecule has 0 saturated carbocycles. The van der Waals surface area contributed by atoms with Crippen LogP contribution in [0.2, 0.25) is 0 Å². The van der Waals surface area contributed by atoms with Crippen molar-refractivity contribution in [2.75, 3.05) is 0 Å². The Labute approximate surface area is 133 Å². The van der Waals surface area contributed by atoms with Gasteiger partial charge < -0.3 is 5.11 Å². The molecule has 0 atom stereocenters. The average molecular weight is 333 g/mol. The van der Waals surface area contributed by atoms with Crippen molar-refractivity contribution in [1.82, 2.24) is 4.98 Å². The third kappa shape index (κ3) is 2.59. The van der Waals surface area contributed by atoms with Crippen LogP contribution >= 0.6 is 11.3 Å². The third-order valence-corrected chi connectivity index (χ3v) is 4.49. The van der Waals surface area contributed by atoms with Crippen molar-refractivity contribution in [3.05, 3.63) is 52.5 Å². The predicted molar refractivity (Wildman–Crippen MR) is 81.9 cm³/mol. The second-order valence-corrected chi connectivity index (χ2v) is 5.88. The van der Waals surface area contributed by atoms with Gasteiger partial charge in [-0.1, -0.05) is 0 Å². The first-order valence-corrected chi connectivity index (χ1v) is 7.32. The van der Waals surface area contributed by atoms with E-state index in [0.717, 1.165) is 29.5 Å². The van der Waals surface area contributed by atoms with E-state index in [9.17, 15) is 23.5 Å². The first kappa shape index (κ1) is 15.2. The molecule has 3 rings (SSSR count). The highest BCUT2D eigenvalue weighted by molar-refractivity contribution is 7.21. The van der Waals surface area contributed by atoms with E-state index < -0.39 is 23.4 Å². The maximum atomic E-state index is 13.5. The largest absolute Gasteiger partial charge is 0.477 e. The number of carbonyl (C=O) groups excluding carboxylic acids is 1. The van der Waals surface area contributed by atoms with Gasteiger partial charge in [0.2, 0.25) is 0 Å². The molecular formula is C16H9F2NO3S. The maximum Gasteiger partial charge on any atom is 0.346 e. The first-order chi connectivity index (χ1) is 10.9. The average Bonchev–Trinajstić information content (AvgIpc) is 2.85. The lowest BCUT2D eigenvalue weighted by molar-refractivity contribution is 0.0698. The summed E-state index contributed by atoms with van der Waals surface area (Å²) in [5, 5.41) is 9.28. The fraction of sp³-hybridized carbons (Fsp3) is 0.0625. The van der Waals surface area contributed by atoms with Crippen LogP contribution in [-0.4, -0.2) is 21.8 Å². The number of thiophene rings is 1.